The maximum absolute atomic E-state index is 11.6. The first kappa shape index (κ1) is 40.1. The Kier molecular flexibility index (Phi) is 20.5. The van der Waals surface area contributed by atoms with E-state index >= 15 is 0 Å². The molecule has 0 fully saturated rings. The Hall–Kier alpha value is 1.95. The second-order valence-corrected chi connectivity index (χ2v) is 8.78. The van der Waals surface area contributed by atoms with Gasteiger partial charge in [-0.25, -0.2) is 0 Å². The molecule has 0 aliphatic rings. The summed E-state index contributed by atoms with van der Waals surface area (Å²) < 4.78 is 139. The molecule has 0 aromatic carbocycles. The minimum Gasteiger partial charge on any atom is -0.791 e. The van der Waals surface area contributed by atoms with Gasteiger partial charge in [0, 0.05) is 21.1 Å². The first-order valence-corrected chi connectivity index (χ1v) is 9.82. The molecule has 0 aromatic rings. The molecule has 6 atom stereocenters. The Bertz CT molecular complexity index is 385. The van der Waals surface area contributed by atoms with Gasteiger partial charge in [-0.1, -0.05) is 34.8 Å². The van der Waals surface area contributed by atoms with Gasteiger partial charge in [0.25, 0.3) is 0 Å². The number of halogens is 12. The van der Waals surface area contributed by atoms with Gasteiger partial charge in [-0.15, -0.1) is 0 Å². The van der Waals surface area contributed by atoms with Gasteiger partial charge in [-0.3, -0.25) is 0 Å². The minimum absolute atomic E-state index is 0. The topological polar surface area (TPSA) is 0 Å². The van der Waals surface area contributed by atoms with Crippen molar-refractivity contribution in [2.24, 2.45) is 0 Å². The maximum atomic E-state index is 11.6. The number of hydrogen-bond donors (Lipinski definition) is 0. The molecular formula is C12H12F12MoS6-6. The van der Waals surface area contributed by atoms with Gasteiger partial charge in [0.15, 0.2) is 0 Å². The zero-order valence-electron chi connectivity index (χ0n) is 14.9. The van der Waals surface area contributed by atoms with Crippen molar-refractivity contribution in [1.82, 2.24) is 0 Å². The van der Waals surface area contributed by atoms with Crippen molar-refractivity contribution in [2.75, 3.05) is 0 Å². The summed E-state index contributed by atoms with van der Waals surface area (Å²) in [5.41, 5.74) is 0. The first-order valence-electron chi connectivity index (χ1n) is 6.99. The summed E-state index contributed by atoms with van der Waals surface area (Å²) in [6.07, 6.45) is -20.3. The standard InChI is InChI=1S/2C4H4F6S2.C4H10S2.Mo/c2*5-3(6,7)1(11)2(12)4(8,9)10;1-3(5)4(2)6;/h2*1-2,11-12H;3-6H,1-2H3;/p-6. The van der Waals surface area contributed by atoms with Gasteiger partial charge in [0.1, 0.15) is 0 Å². The minimum atomic E-state index is -5.07. The monoisotopic (exact) mass is 674 g/mol. The van der Waals surface area contributed by atoms with E-state index < -0.39 is 45.7 Å². The van der Waals surface area contributed by atoms with Gasteiger partial charge >= 0.3 is 24.7 Å². The van der Waals surface area contributed by atoms with Gasteiger partial charge in [0.2, 0.25) is 0 Å². The van der Waals surface area contributed by atoms with E-state index in [4.69, 9.17) is 25.3 Å². The van der Waals surface area contributed by atoms with Crippen molar-refractivity contribution in [1.29, 1.82) is 0 Å². The average molecular weight is 673 g/mol. The predicted octanol–water partition coefficient (Wildman–Crippen LogP) is 4.74. The predicted molar refractivity (Wildman–Crippen MR) is 102 cm³/mol. The van der Waals surface area contributed by atoms with Crippen molar-refractivity contribution >= 4 is 75.8 Å². The van der Waals surface area contributed by atoms with Crippen LogP contribution in [0.2, 0.25) is 0 Å². The third-order valence-electron chi connectivity index (χ3n) is 2.50. The van der Waals surface area contributed by atoms with Crippen molar-refractivity contribution in [2.45, 2.75) is 70.1 Å². The van der Waals surface area contributed by atoms with Crippen molar-refractivity contribution in [3.8, 4) is 0 Å². The molecule has 19 heteroatoms. The van der Waals surface area contributed by atoms with E-state index in [0.29, 0.717) is 0 Å². The molecule has 0 nitrogen and oxygen atoms in total. The number of alkyl halides is 12. The van der Waals surface area contributed by atoms with Crippen molar-refractivity contribution in [3.05, 3.63) is 0 Å². The van der Waals surface area contributed by atoms with Crippen LogP contribution in [0.1, 0.15) is 13.8 Å². The summed E-state index contributed by atoms with van der Waals surface area (Å²) in [5.74, 6) is 0. The van der Waals surface area contributed by atoms with E-state index in [0.717, 1.165) is 0 Å². The molecule has 0 bridgehead atoms. The zero-order valence-corrected chi connectivity index (χ0v) is 21.8. The summed E-state index contributed by atoms with van der Waals surface area (Å²) in [4.78, 5) is 0. The molecule has 0 saturated heterocycles. The van der Waals surface area contributed by atoms with E-state index in [1.807, 2.05) is 13.8 Å². The first-order chi connectivity index (χ1) is 12.8. The average Bonchev–Trinajstić information content (AvgIpc) is 2.49. The van der Waals surface area contributed by atoms with Crippen LogP contribution < -0.4 is 0 Å². The molecule has 0 radical (unpaired) electrons. The molecular weight excluding hydrogens is 660 g/mol. The Labute approximate surface area is 218 Å². The van der Waals surface area contributed by atoms with Crippen LogP contribution in [0, 0.1) is 0 Å². The number of hydrogen-bond acceptors (Lipinski definition) is 6. The molecule has 0 aromatic heterocycles. The molecule has 0 spiro atoms. The molecule has 0 aliphatic heterocycles. The van der Waals surface area contributed by atoms with Crippen LogP contribution in [-0.2, 0) is 96.8 Å². The Morgan fingerprint density at radius 2 is 0.484 bits per heavy atom. The van der Waals surface area contributed by atoms with Gasteiger partial charge in [0.05, 0.1) is 0 Å². The van der Waals surface area contributed by atoms with Crippen LogP contribution in [0.25, 0.3) is 0 Å². The molecule has 31 heavy (non-hydrogen) atoms. The Morgan fingerprint density at radius 1 is 0.387 bits per heavy atom. The third kappa shape index (κ3) is 19.9. The number of rotatable bonds is 3. The van der Waals surface area contributed by atoms with Crippen LogP contribution in [0.3, 0.4) is 0 Å². The van der Waals surface area contributed by atoms with Crippen molar-refractivity contribution in [3.63, 3.8) is 0 Å². The van der Waals surface area contributed by atoms with Crippen molar-refractivity contribution < 1.29 is 73.8 Å². The molecule has 0 N–H and O–H groups in total. The van der Waals surface area contributed by atoms with E-state index in [9.17, 15) is 52.7 Å². The second kappa shape index (κ2) is 15.8. The Balaban J connectivity index is -0.000000183. The zero-order chi connectivity index (χ0) is 25.5. The quantitative estimate of drug-likeness (QED) is 0.240. The smallest absolute Gasteiger partial charge is 0.369 e. The molecule has 0 rings (SSSR count). The fourth-order valence-corrected chi connectivity index (χ4v) is 1.30. The van der Waals surface area contributed by atoms with Gasteiger partial charge < -0.3 is 75.8 Å². The van der Waals surface area contributed by atoms with Crippen LogP contribution >= 0.6 is 0 Å². The van der Waals surface area contributed by atoms with E-state index in [2.05, 4.69) is 50.5 Å². The molecule has 0 aliphatic carbocycles. The summed E-state index contributed by atoms with van der Waals surface area (Å²) in [6, 6.07) is 0. The van der Waals surface area contributed by atoms with E-state index in [1.165, 1.54) is 0 Å². The summed E-state index contributed by atoms with van der Waals surface area (Å²) in [7, 11) is 0. The molecule has 192 valence electrons. The fourth-order valence-electron chi connectivity index (χ4n) is 0.687. The molecule has 0 heterocycles. The third-order valence-corrected chi connectivity index (χ3v) is 5.99. The van der Waals surface area contributed by atoms with Crippen LogP contribution in [0.15, 0.2) is 0 Å². The molecule has 0 amide bonds. The largest absolute Gasteiger partial charge is 0.791 e. The van der Waals surface area contributed by atoms with Gasteiger partial charge in [-0.2, -0.15) is 63.2 Å². The maximum Gasteiger partial charge on any atom is 0.369 e. The summed E-state index contributed by atoms with van der Waals surface area (Å²) in [6.45, 7) is 3.90. The van der Waals surface area contributed by atoms with Crippen LogP contribution in [0.4, 0.5) is 52.7 Å². The normalized spacial score (nSPS) is 18.6. The van der Waals surface area contributed by atoms with Crippen LogP contribution in [-0.4, -0.2) is 56.2 Å². The summed E-state index contributed by atoms with van der Waals surface area (Å²) in [5, 5.41) is -11.3. The molecule has 0 saturated carbocycles. The Morgan fingerprint density at radius 3 is 0.516 bits per heavy atom. The van der Waals surface area contributed by atoms with E-state index in [1.54, 1.807) is 0 Å². The second-order valence-electron chi connectivity index (χ2n) is 5.26. The fraction of sp³-hybridized carbons (Fsp3) is 1.00. The summed E-state index contributed by atoms with van der Waals surface area (Å²) >= 11 is 24.0. The van der Waals surface area contributed by atoms with Gasteiger partial charge in [-0.05, 0) is 0 Å². The molecule has 6 unspecified atom stereocenters. The SMILES string of the molecule is CC([S-])C(C)[S-].FC(F)(F)C([S-])C([S-])C(F)(F)F.FC(F)(F)C([S-])C([S-])C(F)(F)F.[Mo]. The van der Waals surface area contributed by atoms with E-state index in [-0.39, 0.29) is 31.6 Å². The van der Waals surface area contributed by atoms with Crippen LogP contribution in [0.5, 0.6) is 0 Å².